The molecule has 0 aliphatic carbocycles. The van der Waals surface area contributed by atoms with E-state index in [2.05, 4.69) is 9.44 Å². The monoisotopic (exact) mass is 241 g/mol. The second-order valence-electron chi connectivity index (χ2n) is 2.78. The van der Waals surface area contributed by atoms with Gasteiger partial charge in [-0.2, -0.15) is 13.7 Å². The van der Waals surface area contributed by atoms with Crippen LogP contribution in [0.3, 0.4) is 0 Å². The van der Waals surface area contributed by atoms with Crippen LogP contribution in [0, 0.1) is 11.3 Å². The van der Waals surface area contributed by atoms with Crippen LogP contribution in [-0.4, -0.2) is 22.1 Å². The molecule has 0 radical (unpaired) electrons. The van der Waals surface area contributed by atoms with Gasteiger partial charge >= 0.3 is 0 Å². The van der Waals surface area contributed by atoms with Gasteiger partial charge in [-0.3, -0.25) is 4.72 Å². The Morgan fingerprint density at radius 1 is 1.50 bits per heavy atom. The minimum Gasteiger partial charge on any atom is -0.479 e. The lowest BCUT2D eigenvalue weighted by molar-refractivity contribution is 0.368. The number of ether oxygens (including phenoxy) is 1. The molecule has 0 heterocycles. The fraction of sp³-hybridized carbons (Fsp3) is 0.222. The zero-order chi connectivity index (χ0) is 12.0. The zero-order valence-electron chi connectivity index (χ0n) is 8.60. The molecule has 7 heteroatoms. The van der Waals surface area contributed by atoms with Crippen molar-refractivity contribution in [2.75, 3.05) is 18.4 Å². The lowest BCUT2D eigenvalue weighted by Gasteiger charge is -2.07. The third kappa shape index (κ3) is 3.76. The molecule has 0 saturated carbocycles. The number of nitrogens with zero attached hydrogens (tertiary/aromatic N) is 1. The van der Waals surface area contributed by atoms with E-state index in [9.17, 15) is 8.42 Å². The van der Waals surface area contributed by atoms with Crippen molar-refractivity contribution < 1.29 is 13.2 Å². The van der Waals surface area contributed by atoms with Crippen LogP contribution in [0.4, 0.5) is 5.69 Å². The molecule has 0 unspecified atom stereocenters. The first-order chi connectivity index (χ1) is 7.57. The molecule has 0 bridgehead atoms. The van der Waals surface area contributed by atoms with Gasteiger partial charge in [0.25, 0.3) is 10.2 Å². The Hall–Kier alpha value is -1.78. The summed E-state index contributed by atoms with van der Waals surface area (Å²) < 4.78 is 31.8. The van der Waals surface area contributed by atoms with Crippen molar-refractivity contribution >= 4 is 15.9 Å². The Labute approximate surface area is 94.0 Å². The summed E-state index contributed by atoms with van der Waals surface area (Å²) in [5, 5.41) is 8.32. The molecule has 1 aromatic carbocycles. The first-order valence-electron chi connectivity index (χ1n) is 4.38. The molecule has 0 spiro atoms. The molecule has 0 atom stereocenters. The van der Waals surface area contributed by atoms with Gasteiger partial charge in [-0.05, 0) is 12.1 Å². The van der Waals surface area contributed by atoms with Gasteiger partial charge < -0.3 is 4.74 Å². The zero-order valence-corrected chi connectivity index (χ0v) is 9.41. The van der Waals surface area contributed by atoms with Crippen molar-refractivity contribution in [3.05, 3.63) is 24.3 Å². The standard InChI is InChI=1S/C9H11N3O3S/c1-11-16(13,14)12-8-3-2-4-9(7-8)15-6-5-10/h2-4,7,11-12H,6H2,1H3. The maximum atomic E-state index is 11.2. The van der Waals surface area contributed by atoms with Gasteiger partial charge in [-0.15, -0.1) is 0 Å². The van der Waals surface area contributed by atoms with Crippen molar-refractivity contribution in [1.29, 1.82) is 5.26 Å². The smallest absolute Gasteiger partial charge is 0.298 e. The van der Waals surface area contributed by atoms with Crippen molar-refractivity contribution in [2.45, 2.75) is 0 Å². The first-order valence-corrected chi connectivity index (χ1v) is 5.87. The molecule has 2 N–H and O–H groups in total. The third-order valence-electron chi connectivity index (χ3n) is 1.66. The summed E-state index contributed by atoms with van der Waals surface area (Å²) in [5.74, 6) is 0.429. The van der Waals surface area contributed by atoms with E-state index < -0.39 is 10.2 Å². The van der Waals surface area contributed by atoms with Crippen molar-refractivity contribution in [2.24, 2.45) is 0 Å². The van der Waals surface area contributed by atoms with Crippen molar-refractivity contribution in [3.63, 3.8) is 0 Å². The van der Waals surface area contributed by atoms with Gasteiger partial charge in [-0.25, -0.2) is 4.72 Å². The van der Waals surface area contributed by atoms with E-state index >= 15 is 0 Å². The van der Waals surface area contributed by atoms with Gasteiger partial charge in [0.05, 0.1) is 5.69 Å². The predicted octanol–water partition coefficient (Wildman–Crippen LogP) is 0.465. The predicted molar refractivity (Wildman–Crippen MR) is 59.2 cm³/mol. The lowest BCUT2D eigenvalue weighted by Crippen LogP contribution is -2.26. The number of anilines is 1. The maximum absolute atomic E-state index is 11.2. The van der Waals surface area contributed by atoms with Gasteiger partial charge in [0, 0.05) is 13.1 Å². The van der Waals surface area contributed by atoms with Crippen LogP contribution in [0.2, 0.25) is 0 Å². The topological polar surface area (TPSA) is 91.2 Å². The Morgan fingerprint density at radius 3 is 2.88 bits per heavy atom. The van der Waals surface area contributed by atoms with E-state index in [0.29, 0.717) is 11.4 Å². The van der Waals surface area contributed by atoms with Gasteiger partial charge in [0.1, 0.15) is 11.8 Å². The lowest BCUT2D eigenvalue weighted by atomic mass is 10.3. The van der Waals surface area contributed by atoms with Crippen molar-refractivity contribution in [1.82, 2.24) is 4.72 Å². The summed E-state index contributed by atoms with van der Waals surface area (Å²) in [6.07, 6.45) is 0. The molecular weight excluding hydrogens is 230 g/mol. The highest BCUT2D eigenvalue weighted by molar-refractivity contribution is 7.90. The first kappa shape index (κ1) is 12.3. The van der Waals surface area contributed by atoms with Crippen molar-refractivity contribution in [3.8, 4) is 11.8 Å². The van der Waals surface area contributed by atoms with Crippen LogP contribution >= 0.6 is 0 Å². The van der Waals surface area contributed by atoms with Gasteiger partial charge in [-0.1, -0.05) is 6.07 Å². The highest BCUT2D eigenvalue weighted by Gasteiger charge is 2.06. The van der Waals surface area contributed by atoms with Gasteiger partial charge in [0.15, 0.2) is 6.61 Å². The van der Waals surface area contributed by atoms with Crippen LogP contribution in [0.15, 0.2) is 24.3 Å². The summed E-state index contributed by atoms with van der Waals surface area (Å²) >= 11 is 0. The summed E-state index contributed by atoms with van der Waals surface area (Å²) in [4.78, 5) is 0. The number of nitriles is 1. The number of hydrogen-bond acceptors (Lipinski definition) is 4. The van der Waals surface area contributed by atoms with Crippen LogP contribution in [0.1, 0.15) is 0 Å². The number of rotatable bonds is 5. The van der Waals surface area contributed by atoms with E-state index in [1.807, 2.05) is 6.07 Å². The Morgan fingerprint density at radius 2 is 2.25 bits per heavy atom. The summed E-state index contributed by atoms with van der Waals surface area (Å²) in [6.45, 7) is -0.0811. The summed E-state index contributed by atoms with van der Waals surface area (Å²) in [7, 11) is -2.23. The van der Waals surface area contributed by atoms with E-state index in [0.717, 1.165) is 0 Å². The molecule has 0 fully saturated rings. The molecule has 16 heavy (non-hydrogen) atoms. The Bertz CT molecular complexity index is 493. The quantitative estimate of drug-likeness (QED) is 0.783. The van der Waals surface area contributed by atoms with E-state index in [-0.39, 0.29) is 6.61 Å². The molecule has 6 nitrogen and oxygen atoms in total. The molecule has 0 amide bonds. The molecule has 1 aromatic rings. The molecule has 0 aromatic heterocycles. The molecule has 86 valence electrons. The minimum absolute atomic E-state index is 0.0811. The molecular formula is C9H11N3O3S. The Balaban J connectivity index is 2.79. The number of nitrogens with one attached hydrogen (secondary N) is 2. The molecule has 0 aliphatic heterocycles. The number of hydrogen-bond donors (Lipinski definition) is 2. The highest BCUT2D eigenvalue weighted by Crippen LogP contribution is 2.17. The van der Waals surface area contributed by atoms with Gasteiger partial charge in [0.2, 0.25) is 0 Å². The van der Waals surface area contributed by atoms with E-state index in [1.165, 1.54) is 13.1 Å². The van der Waals surface area contributed by atoms with E-state index in [4.69, 9.17) is 10.00 Å². The van der Waals surface area contributed by atoms with E-state index in [1.54, 1.807) is 18.2 Å². The second-order valence-corrected chi connectivity index (χ2v) is 4.40. The third-order valence-corrected chi connectivity index (χ3v) is 2.70. The fourth-order valence-corrected chi connectivity index (χ4v) is 1.51. The maximum Gasteiger partial charge on any atom is 0.298 e. The summed E-state index contributed by atoms with van der Waals surface area (Å²) in [6, 6.07) is 8.15. The normalized spacial score (nSPS) is 10.5. The average molecular weight is 241 g/mol. The van der Waals surface area contributed by atoms with Crippen LogP contribution in [0.5, 0.6) is 5.75 Å². The largest absolute Gasteiger partial charge is 0.479 e. The minimum atomic E-state index is -3.53. The number of benzene rings is 1. The molecule has 0 saturated heterocycles. The molecule has 1 rings (SSSR count). The highest BCUT2D eigenvalue weighted by atomic mass is 32.2. The van der Waals surface area contributed by atoms with Crippen LogP contribution in [0.25, 0.3) is 0 Å². The Kier molecular flexibility index (Phi) is 4.10. The molecule has 0 aliphatic rings. The SMILES string of the molecule is CNS(=O)(=O)Nc1cccc(OCC#N)c1. The van der Waals surface area contributed by atoms with Crippen LogP contribution < -0.4 is 14.2 Å². The van der Waals surface area contributed by atoms with Crippen LogP contribution in [-0.2, 0) is 10.2 Å². The second kappa shape index (κ2) is 5.34. The fourth-order valence-electron chi connectivity index (χ4n) is 0.971. The average Bonchev–Trinajstić information content (AvgIpc) is 2.26. The summed E-state index contributed by atoms with van der Waals surface area (Å²) in [5.41, 5.74) is 0.366.